The SMILES string of the molecule is C/C(S)=C/C(=O)OC(C)C. The van der Waals surface area contributed by atoms with Gasteiger partial charge in [0.15, 0.2) is 0 Å². The van der Waals surface area contributed by atoms with Crippen molar-refractivity contribution < 1.29 is 9.53 Å². The highest BCUT2D eigenvalue weighted by molar-refractivity contribution is 7.84. The Hall–Kier alpha value is -0.440. The Kier molecular flexibility index (Phi) is 4.19. The van der Waals surface area contributed by atoms with Crippen molar-refractivity contribution in [2.24, 2.45) is 0 Å². The normalized spacial score (nSPS) is 11.9. The van der Waals surface area contributed by atoms with Gasteiger partial charge in [0.25, 0.3) is 0 Å². The van der Waals surface area contributed by atoms with Crippen molar-refractivity contribution in [3.63, 3.8) is 0 Å². The first-order chi connectivity index (χ1) is 4.52. The van der Waals surface area contributed by atoms with E-state index in [9.17, 15) is 4.79 Å². The number of ether oxygens (including phenoxy) is 1. The van der Waals surface area contributed by atoms with Gasteiger partial charge < -0.3 is 4.74 Å². The molecule has 0 N–H and O–H groups in total. The summed E-state index contributed by atoms with van der Waals surface area (Å²) in [5.74, 6) is -0.331. The van der Waals surface area contributed by atoms with Gasteiger partial charge in [-0.05, 0) is 25.7 Å². The third-order valence-electron chi connectivity index (χ3n) is 0.679. The van der Waals surface area contributed by atoms with E-state index in [0.717, 1.165) is 0 Å². The summed E-state index contributed by atoms with van der Waals surface area (Å²) in [6.07, 6.45) is 1.29. The van der Waals surface area contributed by atoms with Crippen LogP contribution in [0.2, 0.25) is 0 Å². The standard InChI is InChI=1S/C7H12O2S/c1-5(2)9-7(8)4-6(3)10/h4-5,10H,1-3H3/b6-4-. The van der Waals surface area contributed by atoms with E-state index in [1.54, 1.807) is 20.8 Å². The fourth-order valence-electron chi connectivity index (χ4n) is 0.437. The molecule has 0 heterocycles. The van der Waals surface area contributed by atoms with Crippen molar-refractivity contribution >= 4 is 18.6 Å². The third kappa shape index (κ3) is 5.69. The fourth-order valence-corrected chi connectivity index (χ4v) is 0.542. The lowest BCUT2D eigenvalue weighted by atomic mass is 10.4. The maximum Gasteiger partial charge on any atom is 0.331 e. The number of carbonyl (C=O) groups is 1. The summed E-state index contributed by atoms with van der Waals surface area (Å²) in [6.45, 7) is 5.34. The van der Waals surface area contributed by atoms with E-state index in [-0.39, 0.29) is 12.1 Å². The summed E-state index contributed by atoms with van der Waals surface area (Å²) < 4.78 is 4.80. The van der Waals surface area contributed by atoms with Crippen molar-refractivity contribution in [3.8, 4) is 0 Å². The molecule has 0 aromatic rings. The number of esters is 1. The number of hydrogen-bond donors (Lipinski definition) is 1. The monoisotopic (exact) mass is 160 g/mol. The predicted molar refractivity (Wildman–Crippen MR) is 44.0 cm³/mol. The van der Waals surface area contributed by atoms with Crippen LogP contribution in [-0.4, -0.2) is 12.1 Å². The first kappa shape index (κ1) is 9.56. The van der Waals surface area contributed by atoms with E-state index in [1.165, 1.54) is 6.08 Å². The van der Waals surface area contributed by atoms with Crippen LogP contribution in [0.15, 0.2) is 11.0 Å². The lowest BCUT2D eigenvalue weighted by molar-refractivity contribution is -0.141. The smallest absolute Gasteiger partial charge is 0.331 e. The van der Waals surface area contributed by atoms with Crippen LogP contribution in [0.3, 0.4) is 0 Å². The third-order valence-corrected chi connectivity index (χ3v) is 0.808. The Morgan fingerprint density at radius 2 is 2.10 bits per heavy atom. The molecule has 0 unspecified atom stereocenters. The van der Waals surface area contributed by atoms with Crippen LogP contribution >= 0.6 is 12.6 Å². The fraction of sp³-hybridized carbons (Fsp3) is 0.571. The van der Waals surface area contributed by atoms with Crippen LogP contribution in [0.4, 0.5) is 0 Å². The second kappa shape index (κ2) is 4.39. The van der Waals surface area contributed by atoms with Gasteiger partial charge in [-0.2, -0.15) is 0 Å². The van der Waals surface area contributed by atoms with E-state index in [4.69, 9.17) is 4.74 Å². The first-order valence-corrected chi connectivity index (χ1v) is 3.55. The topological polar surface area (TPSA) is 26.3 Å². The van der Waals surface area contributed by atoms with Gasteiger partial charge in [-0.15, -0.1) is 12.6 Å². The Morgan fingerprint density at radius 3 is 2.40 bits per heavy atom. The van der Waals surface area contributed by atoms with Gasteiger partial charge in [-0.3, -0.25) is 0 Å². The molecule has 0 radical (unpaired) electrons. The molecule has 0 aliphatic carbocycles. The molecular weight excluding hydrogens is 148 g/mol. The number of rotatable bonds is 2. The first-order valence-electron chi connectivity index (χ1n) is 3.10. The van der Waals surface area contributed by atoms with E-state index < -0.39 is 0 Å². The van der Waals surface area contributed by atoms with Crippen LogP contribution < -0.4 is 0 Å². The largest absolute Gasteiger partial charge is 0.460 e. The molecule has 3 heteroatoms. The lowest BCUT2D eigenvalue weighted by Gasteiger charge is -2.03. The maximum absolute atomic E-state index is 10.7. The summed E-state index contributed by atoms with van der Waals surface area (Å²) in [5, 5.41) is 0. The maximum atomic E-state index is 10.7. The van der Waals surface area contributed by atoms with E-state index in [2.05, 4.69) is 12.6 Å². The van der Waals surface area contributed by atoms with Crippen LogP contribution in [0.1, 0.15) is 20.8 Å². The van der Waals surface area contributed by atoms with Gasteiger partial charge in [-0.25, -0.2) is 4.79 Å². The molecule has 0 rings (SSSR count). The Bertz CT molecular complexity index is 146. The van der Waals surface area contributed by atoms with E-state index in [1.807, 2.05) is 0 Å². The predicted octanol–water partition coefficient (Wildman–Crippen LogP) is 1.77. The zero-order valence-electron chi connectivity index (χ0n) is 6.42. The highest BCUT2D eigenvalue weighted by Gasteiger charge is 1.99. The summed E-state index contributed by atoms with van der Waals surface area (Å²) >= 11 is 3.92. The van der Waals surface area contributed by atoms with Crippen molar-refractivity contribution in [2.75, 3.05) is 0 Å². The zero-order chi connectivity index (χ0) is 8.15. The summed E-state index contributed by atoms with van der Waals surface area (Å²) in [5.41, 5.74) is 0. The van der Waals surface area contributed by atoms with Crippen LogP contribution in [0.25, 0.3) is 0 Å². The lowest BCUT2D eigenvalue weighted by Crippen LogP contribution is -2.08. The number of allylic oxidation sites excluding steroid dienone is 1. The molecule has 58 valence electrons. The van der Waals surface area contributed by atoms with Gasteiger partial charge in [0.05, 0.1) is 6.10 Å². The summed E-state index contributed by atoms with van der Waals surface area (Å²) in [6, 6.07) is 0. The molecular formula is C7H12O2S. The minimum Gasteiger partial charge on any atom is -0.460 e. The molecule has 0 atom stereocenters. The minimum atomic E-state index is -0.331. The Labute approximate surface area is 66.7 Å². The van der Waals surface area contributed by atoms with Gasteiger partial charge in [0.2, 0.25) is 0 Å². The Morgan fingerprint density at radius 1 is 1.60 bits per heavy atom. The van der Waals surface area contributed by atoms with Crippen LogP contribution in [0, 0.1) is 0 Å². The summed E-state index contributed by atoms with van der Waals surface area (Å²) in [4.78, 5) is 11.4. The molecule has 2 nitrogen and oxygen atoms in total. The number of hydrogen-bond acceptors (Lipinski definition) is 3. The zero-order valence-corrected chi connectivity index (χ0v) is 7.31. The van der Waals surface area contributed by atoms with Crippen molar-refractivity contribution in [1.29, 1.82) is 0 Å². The second-order valence-corrected chi connectivity index (χ2v) is 2.98. The molecule has 0 aliphatic rings. The number of carbonyl (C=O) groups excluding carboxylic acids is 1. The summed E-state index contributed by atoms with van der Waals surface area (Å²) in [7, 11) is 0. The quantitative estimate of drug-likeness (QED) is 0.378. The molecule has 0 amide bonds. The second-order valence-electron chi connectivity index (χ2n) is 2.27. The van der Waals surface area contributed by atoms with Gasteiger partial charge >= 0.3 is 5.97 Å². The average molecular weight is 160 g/mol. The van der Waals surface area contributed by atoms with Gasteiger partial charge in [0.1, 0.15) is 0 Å². The van der Waals surface area contributed by atoms with Gasteiger partial charge in [0, 0.05) is 6.08 Å². The Balaban J connectivity index is 3.76. The van der Waals surface area contributed by atoms with E-state index >= 15 is 0 Å². The van der Waals surface area contributed by atoms with Crippen molar-refractivity contribution in [2.45, 2.75) is 26.9 Å². The molecule has 0 saturated carbocycles. The molecule has 0 spiro atoms. The molecule has 0 aliphatic heterocycles. The highest BCUT2D eigenvalue weighted by atomic mass is 32.1. The van der Waals surface area contributed by atoms with Crippen molar-refractivity contribution in [1.82, 2.24) is 0 Å². The molecule has 0 bridgehead atoms. The van der Waals surface area contributed by atoms with Gasteiger partial charge in [-0.1, -0.05) is 0 Å². The highest BCUT2D eigenvalue weighted by Crippen LogP contribution is 1.98. The van der Waals surface area contributed by atoms with Crippen molar-refractivity contribution in [3.05, 3.63) is 11.0 Å². The molecule has 10 heavy (non-hydrogen) atoms. The molecule has 0 fully saturated rings. The number of thiol groups is 1. The molecule has 0 saturated heterocycles. The minimum absolute atomic E-state index is 0.0589. The molecule has 0 aromatic heterocycles. The van der Waals surface area contributed by atoms with E-state index in [0.29, 0.717) is 4.91 Å². The van der Waals surface area contributed by atoms with Crippen LogP contribution in [0.5, 0.6) is 0 Å². The molecule has 0 aromatic carbocycles. The average Bonchev–Trinajstić information content (AvgIpc) is 1.58. The van der Waals surface area contributed by atoms with Crippen LogP contribution in [-0.2, 0) is 9.53 Å².